The number of benzene rings is 1. The maximum atomic E-state index is 11.0. The molecule has 182 valence electrons. The number of nitrogens with two attached hydrogens (primary N) is 1. The van der Waals surface area contributed by atoms with Gasteiger partial charge in [0, 0.05) is 38.5 Å². The Kier molecular flexibility index (Phi) is 19.2. The van der Waals surface area contributed by atoms with Crippen LogP contribution >= 0.6 is 0 Å². The van der Waals surface area contributed by atoms with E-state index in [1.54, 1.807) is 6.07 Å². The largest absolute Gasteiger partial charge is 0.396 e. The van der Waals surface area contributed by atoms with E-state index in [1.807, 2.05) is 38.1 Å². The molecular formula is C26H46N4O2. The Morgan fingerprint density at radius 1 is 1.09 bits per heavy atom. The van der Waals surface area contributed by atoms with Gasteiger partial charge in [-0.2, -0.15) is 5.26 Å². The molecule has 1 aromatic carbocycles. The number of carbonyl (C=O) groups excluding carboxylic acids is 1. The fourth-order valence-electron chi connectivity index (χ4n) is 2.43. The van der Waals surface area contributed by atoms with E-state index >= 15 is 0 Å². The molecule has 0 aliphatic carbocycles. The minimum atomic E-state index is -0.698. The molecule has 0 bridgehead atoms. The third kappa shape index (κ3) is 16.3. The van der Waals surface area contributed by atoms with Gasteiger partial charge in [-0.05, 0) is 49.1 Å². The van der Waals surface area contributed by atoms with Crippen molar-refractivity contribution in [2.75, 3.05) is 44.7 Å². The standard InChI is InChI=1S/C15H18N4O.C5H12O.C4H10.C2H6/c1-18-6-8-19(9-7-18)14-4-2-12(3-5-14)10-13(11-16)15(17)20;1-5(2)3-4-6;1-4(2)3;1-2/h2-5,10H,6-9H2,1H3,(H2,17,20);5-6H,3-4H2,1-2H3;4H,1-3H3;1-2H3/b13-10+;;;. The highest BCUT2D eigenvalue weighted by Crippen LogP contribution is 2.18. The summed E-state index contributed by atoms with van der Waals surface area (Å²) in [5.41, 5.74) is 7.05. The number of anilines is 1. The Balaban J connectivity index is 0. The van der Waals surface area contributed by atoms with Crippen LogP contribution in [0.4, 0.5) is 5.69 Å². The molecule has 3 N–H and O–H groups in total. The third-order valence-electron chi connectivity index (χ3n) is 4.16. The molecule has 0 aromatic heterocycles. The number of hydrogen-bond donors (Lipinski definition) is 2. The van der Waals surface area contributed by atoms with Gasteiger partial charge < -0.3 is 20.6 Å². The summed E-state index contributed by atoms with van der Waals surface area (Å²) in [5.74, 6) is 0.783. The lowest BCUT2D eigenvalue weighted by molar-refractivity contribution is -0.114. The molecule has 1 aromatic rings. The van der Waals surface area contributed by atoms with Crippen LogP contribution in [0, 0.1) is 23.2 Å². The zero-order chi connectivity index (χ0) is 25.1. The van der Waals surface area contributed by atoms with Crippen molar-refractivity contribution in [3.8, 4) is 6.07 Å². The van der Waals surface area contributed by atoms with Gasteiger partial charge >= 0.3 is 0 Å². The maximum Gasteiger partial charge on any atom is 0.259 e. The van der Waals surface area contributed by atoms with Crippen molar-refractivity contribution in [3.05, 3.63) is 35.4 Å². The Morgan fingerprint density at radius 3 is 1.88 bits per heavy atom. The first-order valence-corrected chi connectivity index (χ1v) is 11.7. The van der Waals surface area contributed by atoms with Gasteiger partial charge in [-0.25, -0.2) is 0 Å². The molecular weight excluding hydrogens is 400 g/mol. The summed E-state index contributed by atoms with van der Waals surface area (Å²) < 4.78 is 0. The predicted molar refractivity (Wildman–Crippen MR) is 137 cm³/mol. The zero-order valence-corrected chi connectivity index (χ0v) is 21.6. The van der Waals surface area contributed by atoms with Crippen molar-refractivity contribution in [2.45, 2.75) is 54.9 Å². The van der Waals surface area contributed by atoms with E-state index in [2.05, 4.69) is 51.5 Å². The van der Waals surface area contributed by atoms with E-state index in [-0.39, 0.29) is 5.57 Å². The van der Waals surface area contributed by atoms with Crippen LogP contribution < -0.4 is 10.6 Å². The summed E-state index contributed by atoms with van der Waals surface area (Å²) in [4.78, 5) is 15.6. The molecule has 0 atom stereocenters. The molecule has 0 radical (unpaired) electrons. The molecule has 0 spiro atoms. The molecule has 6 heteroatoms. The molecule has 0 unspecified atom stereocenters. The summed E-state index contributed by atoms with van der Waals surface area (Å²) >= 11 is 0. The van der Waals surface area contributed by atoms with Crippen LogP contribution in [0.3, 0.4) is 0 Å². The second-order valence-electron chi connectivity index (χ2n) is 8.55. The van der Waals surface area contributed by atoms with Gasteiger partial charge in [0.1, 0.15) is 11.6 Å². The number of rotatable bonds is 5. The van der Waals surface area contributed by atoms with Crippen molar-refractivity contribution in [1.29, 1.82) is 5.26 Å². The average molecular weight is 447 g/mol. The number of aliphatic hydroxyl groups is 1. The topological polar surface area (TPSA) is 93.6 Å². The van der Waals surface area contributed by atoms with Crippen molar-refractivity contribution < 1.29 is 9.90 Å². The first kappa shape index (κ1) is 31.8. The van der Waals surface area contributed by atoms with Gasteiger partial charge in [0.25, 0.3) is 5.91 Å². The molecule has 0 saturated carbocycles. The van der Waals surface area contributed by atoms with E-state index in [0.29, 0.717) is 12.5 Å². The smallest absolute Gasteiger partial charge is 0.259 e. The van der Waals surface area contributed by atoms with Crippen molar-refractivity contribution >= 4 is 17.7 Å². The molecule has 1 heterocycles. The molecule has 1 amide bonds. The minimum absolute atomic E-state index is 0.0302. The second kappa shape index (κ2) is 19.3. The number of carbonyl (C=O) groups is 1. The number of nitriles is 1. The molecule has 1 aliphatic rings. The van der Waals surface area contributed by atoms with Gasteiger partial charge in [0.2, 0.25) is 0 Å². The van der Waals surface area contributed by atoms with Crippen LogP contribution in [0.1, 0.15) is 60.5 Å². The zero-order valence-electron chi connectivity index (χ0n) is 21.6. The highest BCUT2D eigenvalue weighted by Gasteiger charge is 2.13. The van der Waals surface area contributed by atoms with Crippen LogP contribution in [0.25, 0.3) is 6.08 Å². The molecule has 2 rings (SSSR count). The molecule has 6 nitrogen and oxygen atoms in total. The number of nitrogens with zero attached hydrogens (tertiary/aromatic N) is 3. The van der Waals surface area contributed by atoms with Crippen LogP contribution in [0.5, 0.6) is 0 Å². The molecule has 1 fully saturated rings. The fraction of sp³-hybridized carbons (Fsp3) is 0.615. The maximum absolute atomic E-state index is 11.0. The second-order valence-corrected chi connectivity index (χ2v) is 8.55. The van der Waals surface area contributed by atoms with Gasteiger partial charge in [-0.3, -0.25) is 4.79 Å². The summed E-state index contributed by atoms with van der Waals surface area (Å²) in [7, 11) is 2.12. The highest BCUT2D eigenvalue weighted by molar-refractivity contribution is 6.00. The molecule has 32 heavy (non-hydrogen) atoms. The number of hydrogen-bond acceptors (Lipinski definition) is 5. The van der Waals surface area contributed by atoms with Gasteiger partial charge in [0.05, 0.1) is 0 Å². The minimum Gasteiger partial charge on any atom is -0.396 e. The summed E-state index contributed by atoms with van der Waals surface area (Å²) in [6, 6.07) is 9.61. The number of likely N-dealkylation sites (N-methyl/N-ethyl adjacent to an activating group) is 1. The number of primary amides is 1. The normalized spacial score (nSPS) is 13.7. The first-order chi connectivity index (χ1) is 15.1. The van der Waals surface area contributed by atoms with E-state index in [0.717, 1.165) is 49.8 Å². The van der Waals surface area contributed by atoms with E-state index in [4.69, 9.17) is 16.1 Å². The number of amides is 1. The van der Waals surface area contributed by atoms with Crippen LogP contribution in [0.2, 0.25) is 0 Å². The van der Waals surface area contributed by atoms with E-state index < -0.39 is 5.91 Å². The monoisotopic (exact) mass is 446 g/mol. The summed E-state index contributed by atoms with van der Waals surface area (Å²) in [5, 5.41) is 17.0. The first-order valence-electron chi connectivity index (χ1n) is 11.7. The lowest BCUT2D eigenvalue weighted by atomic mass is 10.1. The lowest BCUT2D eigenvalue weighted by Gasteiger charge is -2.34. The summed E-state index contributed by atoms with van der Waals surface area (Å²) in [6.07, 6.45) is 2.44. The van der Waals surface area contributed by atoms with Crippen LogP contribution in [-0.2, 0) is 4.79 Å². The van der Waals surface area contributed by atoms with Crippen LogP contribution in [0.15, 0.2) is 29.8 Å². The highest BCUT2D eigenvalue weighted by atomic mass is 16.3. The van der Waals surface area contributed by atoms with Crippen molar-refractivity contribution in [1.82, 2.24) is 4.90 Å². The van der Waals surface area contributed by atoms with Crippen molar-refractivity contribution in [3.63, 3.8) is 0 Å². The van der Waals surface area contributed by atoms with Gasteiger partial charge in [0.15, 0.2) is 0 Å². The average Bonchev–Trinajstić information content (AvgIpc) is 2.74. The number of aliphatic hydroxyl groups excluding tert-OH is 1. The lowest BCUT2D eigenvalue weighted by Crippen LogP contribution is -2.44. The third-order valence-corrected chi connectivity index (χ3v) is 4.16. The van der Waals surface area contributed by atoms with Crippen LogP contribution in [-0.4, -0.2) is 55.7 Å². The Bertz CT molecular complexity index is 665. The SMILES string of the molecule is CC.CC(C)C.CC(C)CCO.CN1CCN(c2ccc(/C=C(\C#N)C(N)=O)cc2)CC1. The number of piperazine rings is 1. The molecule has 1 aliphatic heterocycles. The Hall–Kier alpha value is -2.36. The summed E-state index contributed by atoms with van der Waals surface area (Å²) in [6.45, 7) is 19.2. The van der Waals surface area contributed by atoms with E-state index in [9.17, 15) is 4.79 Å². The van der Waals surface area contributed by atoms with Gasteiger partial charge in [-0.1, -0.05) is 60.6 Å². The quantitative estimate of drug-likeness (QED) is 0.511. The fourth-order valence-corrected chi connectivity index (χ4v) is 2.43. The van der Waals surface area contributed by atoms with E-state index in [1.165, 1.54) is 6.08 Å². The Morgan fingerprint density at radius 2 is 1.56 bits per heavy atom. The Labute approximate surface area is 196 Å². The van der Waals surface area contributed by atoms with Crippen molar-refractivity contribution in [2.24, 2.45) is 17.6 Å². The molecule has 1 saturated heterocycles. The van der Waals surface area contributed by atoms with Gasteiger partial charge in [-0.15, -0.1) is 0 Å². The predicted octanol–water partition coefficient (Wildman–Crippen LogP) is 4.54.